The third kappa shape index (κ3) is 3.47. The average molecular weight is 426 g/mol. The minimum atomic E-state index is -0.996. The molecule has 1 aromatic carbocycles. The molecule has 0 unspecified atom stereocenters. The van der Waals surface area contributed by atoms with Crippen molar-refractivity contribution in [2.45, 2.75) is 19.1 Å². The molecule has 1 aliphatic heterocycles. The number of aromatic nitrogens is 2. The summed E-state index contributed by atoms with van der Waals surface area (Å²) in [6, 6.07) is 5.14. The summed E-state index contributed by atoms with van der Waals surface area (Å²) in [6.07, 6.45) is 0.703. The Hall–Kier alpha value is -1.96. The van der Waals surface area contributed by atoms with Gasteiger partial charge in [-0.3, -0.25) is 14.2 Å². The highest BCUT2D eigenvalue weighted by atomic mass is 35.5. The molecule has 5 nitrogen and oxygen atoms in total. The summed E-state index contributed by atoms with van der Waals surface area (Å²) in [6.45, 7) is 0.290. The van der Waals surface area contributed by atoms with Crippen LogP contribution in [0.2, 0.25) is 10.0 Å². The lowest BCUT2D eigenvalue weighted by Crippen LogP contribution is -2.35. The van der Waals surface area contributed by atoms with Gasteiger partial charge < -0.3 is 4.90 Å². The second-order valence-electron chi connectivity index (χ2n) is 6.36. The Morgan fingerprint density at radius 1 is 1.33 bits per heavy atom. The first-order valence-electron chi connectivity index (χ1n) is 8.28. The number of hydrogen-bond donors (Lipinski definition) is 0. The van der Waals surface area contributed by atoms with Gasteiger partial charge in [-0.05, 0) is 24.1 Å². The zero-order valence-electron chi connectivity index (χ0n) is 14.0. The van der Waals surface area contributed by atoms with Crippen LogP contribution in [0.1, 0.15) is 6.42 Å². The van der Waals surface area contributed by atoms with Gasteiger partial charge in [0, 0.05) is 17.5 Å². The topological polar surface area (TPSA) is 55.2 Å². The van der Waals surface area contributed by atoms with Gasteiger partial charge in [-0.15, -0.1) is 11.3 Å². The van der Waals surface area contributed by atoms with E-state index in [9.17, 15) is 14.0 Å². The summed E-state index contributed by atoms with van der Waals surface area (Å²) < 4.78 is 14.6. The Balaban J connectivity index is 1.72. The van der Waals surface area contributed by atoms with E-state index in [1.54, 1.807) is 18.2 Å². The van der Waals surface area contributed by atoms with Crippen molar-refractivity contribution < 1.29 is 9.18 Å². The number of hydrogen-bond acceptors (Lipinski definition) is 4. The van der Waals surface area contributed by atoms with Gasteiger partial charge in [0.25, 0.3) is 5.56 Å². The number of carbonyl (C=O) groups is 1. The maximum Gasteiger partial charge on any atom is 0.263 e. The fourth-order valence-corrected chi connectivity index (χ4v) is 4.35. The number of halogens is 3. The van der Waals surface area contributed by atoms with Crippen LogP contribution in [0.25, 0.3) is 21.3 Å². The maximum absolute atomic E-state index is 13.3. The van der Waals surface area contributed by atoms with Crippen LogP contribution >= 0.6 is 34.5 Å². The molecule has 0 N–H and O–H groups in total. The second kappa shape index (κ2) is 7.22. The van der Waals surface area contributed by atoms with E-state index in [2.05, 4.69) is 4.98 Å². The van der Waals surface area contributed by atoms with Gasteiger partial charge in [-0.2, -0.15) is 0 Å². The van der Waals surface area contributed by atoms with E-state index in [1.807, 2.05) is 5.38 Å². The van der Waals surface area contributed by atoms with Crippen LogP contribution in [0.3, 0.4) is 0 Å². The SMILES string of the molecule is O=C(Cn1cnc2scc(-c3ccc(Cl)c(Cl)c3)c2c1=O)N1CC[C@H](F)C1. The second-order valence-corrected chi connectivity index (χ2v) is 8.03. The van der Waals surface area contributed by atoms with E-state index in [1.165, 1.54) is 27.1 Å². The molecule has 1 fully saturated rings. The van der Waals surface area contributed by atoms with Crippen molar-refractivity contribution in [2.75, 3.05) is 13.1 Å². The first-order valence-corrected chi connectivity index (χ1v) is 9.91. The third-order valence-electron chi connectivity index (χ3n) is 4.58. The summed E-state index contributed by atoms with van der Waals surface area (Å²) in [5.41, 5.74) is 1.13. The molecule has 1 amide bonds. The molecular weight excluding hydrogens is 412 g/mol. The van der Waals surface area contributed by atoms with Crippen molar-refractivity contribution in [2.24, 2.45) is 0 Å². The molecule has 0 spiro atoms. The number of benzene rings is 1. The van der Waals surface area contributed by atoms with Crippen LogP contribution in [0.4, 0.5) is 4.39 Å². The Kier molecular flexibility index (Phi) is 4.92. The lowest BCUT2D eigenvalue weighted by atomic mass is 10.1. The van der Waals surface area contributed by atoms with Crippen molar-refractivity contribution in [1.82, 2.24) is 14.5 Å². The first kappa shape index (κ1) is 18.4. The van der Waals surface area contributed by atoms with Crippen LogP contribution in [0.5, 0.6) is 0 Å². The van der Waals surface area contributed by atoms with Crippen LogP contribution in [-0.2, 0) is 11.3 Å². The lowest BCUT2D eigenvalue weighted by molar-refractivity contribution is -0.131. The number of carbonyl (C=O) groups excluding carboxylic acids is 1. The molecule has 1 aliphatic rings. The number of thiophene rings is 1. The van der Waals surface area contributed by atoms with Gasteiger partial charge in [0.05, 0.1) is 28.3 Å². The zero-order valence-corrected chi connectivity index (χ0v) is 16.3. The number of rotatable bonds is 3. The molecule has 0 aliphatic carbocycles. The van der Waals surface area contributed by atoms with Gasteiger partial charge in [-0.1, -0.05) is 29.3 Å². The van der Waals surface area contributed by atoms with Crippen LogP contribution < -0.4 is 5.56 Å². The largest absolute Gasteiger partial charge is 0.338 e. The Bertz CT molecular complexity index is 1100. The molecule has 0 radical (unpaired) electrons. The Morgan fingerprint density at radius 2 is 2.15 bits per heavy atom. The highest BCUT2D eigenvalue weighted by Gasteiger charge is 2.26. The Labute approximate surface area is 167 Å². The van der Waals surface area contributed by atoms with Gasteiger partial charge in [0.15, 0.2) is 0 Å². The molecule has 140 valence electrons. The number of nitrogens with zero attached hydrogens (tertiary/aromatic N) is 3. The number of likely N-dealkylation sites (tertiary alicyclic amines) is 1. The summed E-state index contributed by atoms with van der Waals surface area (Å²) in [4.78, 5) is 31.7. The summed E-state index contributed by atoms with van der Waals surface area (Å²) in [7, 11) is 0. The predicted octanol–water partition coefficient (Wildman–Crippen LogP) is 4.00. The molecule has 27 heavy (non-hydrogen) atoms. The van der Waals surface area contributed by atoms with Crippen molar-refractivity contribution in [3.05, 3.63) is 50.3 Å². The van der Waals surface area contributed by atoms with E-state index < -0.39 is 6.17 Å². The van der Waals surface area contributed by atoms with Crippen LogP contribution in [0.15, 0.2) is 34.7 Å². The molecule has 4 rings (SSSR count). The van der Waals surface area contributed by atoms with Crippen molar-refractivity contribution in [3.63, 3.8) is 0 Å². The summed E-state index contributed by atoms with van der Waals surface area (Å²) in [5.74, 6) is -0.287. The van der Waals surface area contributed by atoms with E-state index in [0.717, 1.165) is 5.56 Å². The average Bonchev–Trinajstić information content (AvgIpc) is 3.26. The van der Waals surface area contributed by atoms with Crippen molar-refractivity contribution in [1.29, 1.82) is 0 Å². The number of alkyl halides is 1. The van der Waals surface area contributed by atoms with Crippen LogP contribution in [0, 0.1) is 0 Å². The quantitative estimate of drug-likeness (QED) is 0.636. The minimum Gasteiger partial charge on any atom is -0.338 e. The van der Waals surface area contributed by atoms with Gasteiger partial charge >= 0.3 is 0 Å². The smallest absolute Gasteiger partial charge is 0.263 e. The minimum absolute atomic E-state index is 0.0796. The lowest BCUT2D eigenvalue weighted by Gasteiger charge is -2.15. The number of amides is 1. The molecule has 0 bridgehead atoms. The predicted molar refractivity (Wildman–Crippen MR) is 105 cm³/mol. The monoisotopic (exact) mass is 425 g/mol. The van der Waals surface area contributed by atoms with Gasteiger partial charge in [-0.25, -0.2) is 9.37 Å². The Morgan fingerprint density at radius 3 is 2.85 bits per heavy atom. The number of fused-ring (bicyclic) bond motifs is 1. The molecular formula is C18H14Cl2FN3O2S. The van der Waals surface area contributed by atoms with E-state index in [0.29, 0.717) is 38.8 Å². The molecule has 3 heterocycles. The zero-order chi connectivity index (χ0) is 19.1. The van der Waals surface area contributed by atoms with Crippen molar-refractivity contribution >= 4 is 50.7 Å². The van der Waals surface area contributed by atoms with Crippen molar-refractivity contribution in [3.8, 4) is 11.1 Å². The van der Waals surface area contributed by atoms with Gasteiger partial charge in [0.2, 0.25) is 5.91 Å². The van der Waals surface area contributed by atoms with Crippen LogP contribution in [-0.4, -0.2) is 39.6 Å². The maximum atomic E-state index is 13.3. The highest BCUT2D eigenvalue weighted by Crippen LogP contribution is 2.34. The standard InChI is InChI=1S/C18H14Cl2FN3O2S/c19-13-2-1-10(5-14(13)20)12-8-27-17-16(12)18(26)24(9-22-17)7-15(25)23-4-3-11(21)6-23/h1-2,5,8-9,11H,3-4,6-7H2/t11-/m0/s1. The van der Waals surface area contributed by atoms with Gasteiger partial charge in [0.1, 0.15) is 17.5 Å². The molecule has 2 aromatic heterocycles. The van der Waals surface area contributed by atoms with E-state index >= 15 is 0 Å². The summed E-state index contributed by atoms with van der Waals surface area (Å²) >= 11 is 13.4. The fraction of sp³-hybridized carbons (Fsp3) is 0.278. The third-order valence-corrected chi connectivity index (χ3v) is 6.21. The van der Waals surface area contributed by atoms with E-state index in [4.69, 9.17) is 23.2 Å². The van der Waals surface area contributed by atoms with E-state index in [-0.39, 0.29) is 24.6 Å². The first-order chi connectivity index (χ1) is 12.9. The molecule has 9 heteroatoms. The molecule has 0 saturated carbocycles. The fourth-order valence-electron chi connectivity index (χ4n) is 3.15. The molecule has 1 atom stereocenters. The molecule has 1 saturated heterocycles. The summed E-state index contributed by atoms with van der Waals surface area (Å²) in [5, 5.41) is 3.08. The molecule has 3 aromatic rings. The normalized spacial score (nSPS) is 17.0. The highest BCUT2D eigenvalue weighted by molar-refractivity contribution is 7.17.